The van der Waals surface area contributed by atoms with Gasteiger partial charge in [0.1, 0.15) is 25.3 Å². The number of hydrogen-bond donors (Lipinski definition) is 0. The van der Waals surface area contributed by atoms with Crippen molar-refractivity contribution in [1.29, 1.82) is 0 Å². The average molecular weight is 125 g/mol. The van der Waals surface area contributed by atoms with Gasteiger partial charge >= 0.3 is 0 Å². The van der Waals surface area contributed by atoms with Crippen LogP contribution in [0.3, 0.4) is 0 Å². The minimum absolute atomic E-state index is 0.138. The van der Waals surface area contributed by atoms with E-state index in [1.807, 2.05) is 0 Å². The quantitative estimate of drug-likeness (QED) is 0.541. The van der Waals surface area contributed by atoms with Gasteiger partial charge in [-0.1, -0.05) is 6.07 Å². The fourth-order valence-corrected chi connectivity index (χ4v) is 1.81. The third kappa shape index (κ3) is 1.31. The van der Waals surface area contributed by atoms with Crippen LogP contribution in [0.2, 0.25) is 0 Å². The Morgan fingerprint density at radius 1 is 1.12 bits per heavy atom. The van der Waals surface area contributed by atoms with Crippen LogP contribution in [0.5, 0.6) is 0 Å². The van der Waals surface area contributed by atoms with Crippen LogP contribution in [-0.2, 0) is 6.16 Å². The summed E-state index contributed by atoms with van der Waals surface area (Å²) in [6.07, 6.45) is 1.29. The molecule has 0 saturated heterocycles. The lowest BCUT2D eigenvalue weighted by atomic mass is 10.6. The SMILES string of the molecule is CC[p+]1ccccc1. The summed E-state index contributed by atoms with van der Waals surface area (Å²) < 4.78 is 0. The maximum atomic E-state index is 2.29. The predicted octanol–water partition coefficient (Wildman–Crippen LogP) is 2.97. The Bertz CT molecular complexity index is 146. The summed E-state index contributed by atoms with van der Waals surface area (Å²) >= 11 is 0. The van der Waals surface area contributed by atoms with E-state index in [1.54, 1.807) is 0 Å². The van der Waals surface area contributed by atoms with Crippen LogP contribution in [-0.4, -0.2) is 0 Å². The van der Waals surface area contributed by atoms with E-state index < -0.39 is 0 Å². The van der Waals surface area contributed by atoms with E-state index >= 15 is 0 Å². The highest BCUT2D eigenvalue weighted by atomic mass is 31.1. The fourth-order valence-electron chi connectivity index (χ4n) is 0.645. The van der Waals surface area contributed by atoms with Crippen molar-refractivity contribution in [3.63, 3.8) is 0 Å². The van der Waals surface area contributed by atoms with Crippen molar-refractivity contribution in [2.45, 2.75) is 13.1 Å². The molecule has 1 heteroatoms. The third-order valence-electron chi connectivity index (χ3n) is 1.14. The highest BCUT2D eigenvalue weighted by Crippen LogP contribution is 2.24. The van der Waals surface area contributed by atoms with Gasteiger partial charge in [-0.25, -0.2) is 0 Å². The van der Waals surface area contributed by atoms with Crippen molar-refractivity contribution < 1.29 is 0 Å². The summed E-state index contributed by atoms with van der Waals surface area (Å²) in [6.45, 7) is 2.23. The zero-order valence-electron chi connectivity index (χ0n) is 5.04. The first-order valence-electron chi connectivity index (χ1n) is 2.87. The maximum Gasteiger partial charge on any atom is 0.124 e. The minimum atomic E-state index is 0.138. The summed E-state index contributed by atoms with van der Waals surface area (Å²) in [6, 6.07) is 6.35. The molecule has 0 spiro atoms. The molecule has 8 heavy (non-hydrogen) atoms. The fraction of sp³-hybridized carbons (Fsp3) is 0.286. The van der Waals surface area contributed by atoms with Crippen LogP contribution in [0.15, 0.2) is 29.8 Å². The molecule has 1 rings (SSSR count). The van der Waals surface area contributed by atoms with Crippen LogP contribution < -0.4 is 0 Å². The molecule has 0 aromatic carbocycles. The molecule has 0 amide bonds. The van der Waals surface area contributed by atoms with Crippen molar-refractivity contribution in [2.75, 3.05) is 0 Å². The van der Waals surface area contributed by atoms with Gasteiger partial charge < -0.3 is 0 Å². The van der Waals surface area contributed by atoms with E-state index in [2.05, 4.69) is 36.7 Å². The highest BCUT2D eigenvalue weighted by Gasteiger charge is 1.93. The third-order valence-corrected chi connectivity index (χ3v) is 2.98. The molecule has 0 N–H and O–H groups in total. The molecule has 1 aromatic heterocycles. The largest absolute Gasteiger partial charge is 0.124 e. The molecular weight excluding hydrogens is 115 g/mol. The van der Waals surface area contributed by atoms with Crippen LogP contribution in [0, 0.1) is 0 Å². The second kappa shape index (κ2) is 2.84. The average Bonchev–Trinajstić information content (AvgIpc) is 1.90. The lowest BCUT2D eigenvalue weighted by Crippen LogP contribution is -1.56. The first-order valence-corrected chi connectivity index (χ1v) is 4.54. The second-order valence-electron chi connectivity index (χ2n) is 1.71. The monoisotopic (exact) mass is 125 g/mol. The molecule has 1 heterocycles. The maximum absolute atomic E-state index is 2.29. The Morgan fingerprint density at radius 3 is 2.12 bits per heavy atom. The van der Waals surface area contributed by atoms with E-state index in [1.165, 1.54) is 6.16 Å². The van der Waals surface area contributed by atoms with E-state index in [0.717, 1.165) is 0 Å². The molecule has 0 fully saturated rings. The van der Waals surface area contributed by atoms with E-state index in [-0.39, 0.29) is 7.53 Å². The summed E-state index contributed by atoms with van der Waals surface area (Å²) in [5.74, 6) is 4.57. The Labute approximate surface area is 51.2 Å². The van der Waals surface area contributed by atoms with Gasteiger partial charge in [0.05, 0.1) is 0 Å². The Kier molecular flexibility index (Phi) is 2.05. The van der Waals surface area contributed by atoms with Crippen LogP contribution >= 0.6 is 7.53 Å². The molecule has 0 aliphatic rings. The van der Waals surface area contributed by atoms with Crippen LogP contribution in [0.1, 0.15) is 6.92 Å². The summed E-state index contributed by atoms with van der Waals surface area (Å²) in [5.41, 5.74) is 0. The summed E-state index contributed by atoms with van der Waals surface area (Å²) in [7, 11) is 0.138. The minimum Gasteiger partial charge on any atom is -0.0548 e. The summed E-state index contributed by atoms with van der Waals surface area (Å²) in [4.78, 5) is 0. The van der Waals surface area contributed by atoms with Gasteiger partial charge in [0.25, 0.3) is 0 Å². The van der Waals surface area contributed by atoms with Crippen molar-refractivity contribution >= 4 is 7.53 Å². The van der Waals surface area contributed by atoms with Gasteiger partial charge in [0.2, 0.25) is 0 Å². The Hall–Kier alpha value is -0.350. The van der Waals surface area contributed by atoms with Gasteiger partial charge in [-0.2, -0.15) is 0 Å². The number of rotatable bonds is 1. The van der Waals surface area contributed by atoms with E-state index in [4.69, 9.17) is 0 Å². The van der Waals surface area contributed by atoms with Gasteiger partial charge in [-0.15, -0.1) is 0 Å². The van der Waals surface area contributed by atoms with E-state index in [9.17, 15) is 0 Å². The molecular formula is C7H10P+. The number of aryl methyl sites for hydroxylation is 1. The molecule has 0 aliphatic heterocycles. The molecule has 0 atom stereocenters. The second-order valence-corrected chi connectivity index (χ2v) is 3.96. The Morgan fingerprint density at radius 2 is 1.75 bits per heavy atom. The number of hydrogen-bond acceptors (Lipinski definition) is 0. The molecule has 42 valence electrons. The van der Waals surface area contributed by atoms with E-state index in [0.29, 0.717) is 0 Å². The van der Waals surface area contributed by atoms with Crippen molar-refractivity contribution in [3.8, 4) is 0 Å². The standard InChI is InChI=1S/C7H10P/c1-2-8-6-4-3-5-7-8/h3-7H,2H2,1H3/q+1. The molecule has 0 saturated carbocycles. The van der Waals surface area contributed by atoms with Crippen LogP contribution in [0.4, 0.5) is 0 Å². The zero-order chi connectivity index (χ0) is 5.82. The smallest absolute Gasteiger partial charge is 0.0548 e. The predicted molar refractivity (Wildman–Crippen MR) is 39.2 cm³/mol. The van der Waals surface area contributed by atoms with Gasteiger partial charge in [-0.05, 0) is 19.1 Å². The topological polar surface area (TPSA) is 0 Å². The van der Waals surface area contributed by atoms with Gasteiger partial charge in [0, 0.05) is 0 Å². The molecule has 0 unspecified atom stereocenters. The van der Waals surface area contributed by atoms with Crippen molar-refractivity contribution in [3.05, 3.63) is 29.8 Å². The van der Waals surface area contributed by atoms with Crippen molar-refractivity contribution in [2.24, 2.45) is 0 Å². The molecule has 0 nitrogen and oxygen atoms in total. The highest BCUT2D eigenvalue weighted by molar-refractivity contribution is 7.47. The Balaban J connectivity index is 2.83. The lowest BCUT2D eigenvalue weighted by molar-refractivity contribution is 1.38. The summed E-state index contributed by atoms with van der Waals surface area (Å²) in [5, 5.41) is 0. The van der Waals surface area contributed by atoms with Crippen LogP contribution in [0.25, 0.3) is 0 Å². The first kappa shape index (κ1) is 5.78. The molecule has 0 bridgehead atoms. The lowest BCUT2D eigenvalue weighted by Gasteiger charge is -1.76. The molecule has 0 radical (unpaired) electrons. The first-order chi connectivity index (χ1) is 3.93. The van der Waals surface area contributed by atoms with Gasteiger partial charge in [-0.3, -0.25) is 0 Å². The van der Waals surface area contributed by atoms with Gasteiger partial charge in [0.15, 0.2) is 0 Å². The van der Waals surface area contributed by atoms with Crippen molar-refractivity contribution in [1.82, 2.24) is 0 Å². The molecule has 0 aliphatic carbocycles. The normalized spacial score (nSPS) is 9.12. The molecule has 1 aromatic rings. The zero-order valence-corrected chi connectivity index (χ0v) is 5.94.